The zero-order valence-electron chi connectivity index (χ0n) is 10.8. The lowest BCUT2D eigenvalue weighted by Gasteiger charge is -2.13. The largest absolute Gasteiger partial charge is 0.260 e. The standard InChI is InChI=1S/C17H18N/c1-2-17(10-11-17)15-8-6-14(7-9-15)13-16-5-3-4-12-18-16/h3,5-9,12H,2,10-11,13H2,1H3. The Bertz CT molecular complexity index is 509. The van der Waals surface area contributed by atoms with Crippen LogP contribution < -0.4 is 0 Å². The molecule has 1 aromatic carbocycles. The van der Waals surface area contributed by atoms with E-state index in [1.807, 2.05) is 12.1 Å². The molecular weight excluding hydrogens is 218 g/mol. The van der Waals surface area contributed by atoms with E-state index >= 15 is 0 Å². The fraction of sp³-hybridized carbons (Fsp3) is 0.353. The van der Waals surface area contributed by atoms with Crippen molar-refractivity contribution in [3.8, 4) is 0 Å². The molecule has 0 N–H and O–H groups in total. The Morgan fingerprint density at radius 2 is 1.94 bits per heavy atom. The minimum atomic E-state index is 0.512. The van der Waals surface area contributed by atoms with E-state index in [1.165, 1.54) is 30.4 Å². The molecule has 1 aliphatic rings. The summed E-state index contributed by atoms with van der Waals surface area (Å²) in [6, 6.07) is 16.0. The third-order valence-electron chi connectivity index (χ3n) is 4.16. The normalized spacial score (nSPS) is 16.5. The molecule has 1 heteroatoms. The molecule has 1 saturated carbocycles. The molecule has 1 heterocycles. The Kier molecular flexibility index (Phi) is 2.91. The predicted molar refractivity (Wildman–Crippen MR) is 73.5 cm³/mol. The lowest BCUT2D eigenvalue weighted by Crippen LogP contribution is -2.04. The van der Waals surface area contributed by atoms with E-state index in [0.717, 1.165) is 12.1 Å². The van der Waals surface area contributed by atoms with Gasteiger partial charge < -0.3 is 0 Å². The van der Waals surface area contributed by atoms with Gasteiger partial charge in [0.25, 0.3) is 0 Å². The van der Waals surface area contributed by atoms with Crippen molar-refractivity contribution >= 4 is 0 Å². The summed E-state index contributed by atoms with van der Waals surface area (Å²) in [5.41, 5.74) is 4.48. The van der Waals surface area contributed by atoms with E-state index in [0.29, 0.717) is 5.41 Å². The average Bonchev–Trinajstić information content (AvgIpc) is 3.22. The third-order valence-corrected chi connectivity index (χ3v) is 4.16. The van der Waals surface area contributed by atoms with Gasteiger partial charge in [-0.1, -0.05) is 37.3 Å². The van der Waals surface area contributed by atoms with E-state index in [4.69, 9.17) is 0 Å². The number of aromatic nitrogens is 1. The highest BCUT2D eigenvalue weighted by molar-refractivity contribution is 5.34. The van der Waals surface area contributed by atoms with Gasteiger partial charge in [0, 0.05) is 24.4 Å². The van der Waals surface area contributed by atoms with Crippen molar-refractivity contribution in [2.24, 2.45) is 0 Å². The van der Waals surface area contributed by atoms with Gasteiger partial charge in [-0.15, -0.1) is 0 Å². The first-order chi connectivity index (χ1) is 8.82. The molecule has 1 aliphatic carbocycles. The van der Waals surface area contributed by atoms with Crippen LogP contribution in [0.15, 0.2) is 42.6 Å². The molecule has 1 fully saturated rings. The van der Waals surface area contributed by atoms with Crippen LogP contribution in [0.4, 0.5) is 0 Å². The van der Waals surface area contributed by atoms with Crippen molar-refractivity contribution in [3.63, 3.8) is 0 Å². The molecule has 0 spiro atoms. The molecule has 1 aromatic heterocycles. The summed E-state index contributed by atoms with van der Waals surface area (Å²) >= 11 is 0. The van der Waals surface area contributed by atoms with Crippen LogP contribution in [0.3, 0.4) is 0 Å². The van der Waals surface area contributed by atoms with E-state index in [9.17, 15) is 0 Å². The molecular formula is C17H18N. The molecule has 0 unspecified atom stereocenters. The maximum absolute atomic E-state index is 4.32. The topological polar surface area (TPSA) is 12.9 Å². The van der Waals surface area contributed by atoms with E-state index < -0.39 is 0 Å². The summed E-state index contributed by atoms with van der Waals surface area (Å²) < 4.78 is 0. The smallest absolute Gasteiger partial charge is 0.0447 e. The summed E-state index contributed by atoms with van der Waals surface area (Å²) in [5, 5.41) is 0. The molecule has 0 aliphatic heterocycles. The van der Waals surface area contributed by atoms with Gasteiger partial charge in [-0.25, -0.2) is 0 Å². The Balaban J connectivity index is 1.76. The zero-order chi connectivity index (χ0) is 12.4. The van der Waals surface area contributed by atoms with Crippen LogP contribution in [0.1, 0.15) is 43.0 Å². The highest BCUT2D eigenvalue weighted by Crippen LogP contribution is 2.50. The molecule has 0 atom stereocenters. The lowest BCUT2D eigenvalue weighted by molar-refractivity contribution is 0.664. The molecule has 18 heavy (non-hydrogen) atoms. The fourth-order valence-corrected chi connectivity index (χ4v) is 2.64. The number of rotatable bonds is 4. The minimum Gasteiger partial charge on any atom is -0.260 e. The van der Waals surface area contributed by atoms with Crippen LogP contribution in [0.5, 0.6) is 0 Å². The summed E-state index contributed by atoms with van der Waals surface area (Å²) in [7, 11) is 0. The quantitative estimate of drug-likeness (QED) is 0.784. The second-order valence-corrected chi connectivity index (χ2v) is 5.26. The minimum absolute atomic E-state index is 0.512. The average molecular weight is 236 g/mol. The molecule has 0 saturated heterocycles. The van der Waals surface area contributed by atoms with E-state index in [-0.39, 0.29) is 0 Å². The van der Waals surface area contributed by atoms with Gasteiger partial charge in [-0.2, -0.15) is 0 Å². The van der Waals surface area contributed by atoms with Gasteiger partial charge in [0.1, 0.15) is 0 Å². The van der Waals surface area contributed by atoms with Crippen molar-refractivity contribution in [1.82, 2.24) is 4.98 Å². The second-order valence-electron chi connectivity index (χ2n) is 5.26. The van der Waals surface area contributed by atoms with Crippen LogP contribution in [0.2, 0.25) is 0 Å². The number of nitrogens with zero attached hydrogens (tertiary/aromatic N) is 1. The number of hydrogen-bond donors (Lipinski definition) is 0. The second kappa shape index (κ2) is 4.56. The Labute approximate surface area is 109 Å². The van der Waals surface area contributed by atoms with Crippen molar-refractivity contribution < 1.29 is 0 Å². The van der Waals surface area contributed by atoms with Gasteiger partial charge in [0.05, 0.1) is 0 Å². The maximum atomic E-state index is 4.32. The molecule has 0 bridgehead atoms. The van der Waals surface area contributed by atoms with Gasteiger partial charge in [0.15, 0.2) is 0 Å². The van der Waals surface area contributed by atoms with Crippen LogP contribution in [-0.2, 0) is 11.8 Å². The molecule has 0 amide bonds. The zero-order valence-corrected chi connectivity index (χ0v) is 10.8. The first kappa shape index (κ1) is 11.5. The van der Waals surface area contributed by atoms with Gasteiger partial charge in [-0.05, 0) is 41.9 Å². The summed E-state index contributed by atoms with van der Waals surface area (Å²) in [6.45, 7) is 2.30. The highest BCUT2D eigenvalue weighted by atomic mass is 14.7. The summed E-state index contributed by atoms with van der Waals surface area (Å²) in [4.78, 5) is 4.32. The van der Waals surface area contributed by atoms with Gasteiger partial charge in [-0.3, -0.25) is 4.98 Å². The third kappa shape index (κ3) is 2.17. The summed E-state index contributed by atoms with van der Waals surface area (Å²) in [6.07, 6.45) is 6.63. The fourth-order valence-electron chi connectivity index (χ4n) is 2.64. The monoisotopic (exact) mass is 236 g/mol. The Morgan fingerprint density at radius 3 is 2.50 bits per heavy atom. The maximum Gasteiger partial charge on any atom is 0.0447 e. The van der Waals surface area contributed by atoms with Crippen molar-refractivity contribution in [2.45, 2.75) is 38.0 Å². The molecule has 1 radical (unpaired) electrons. The van der Waals surface area contributed by atoms with Gasteiger partial charge in [0.2, 0.25) is 0 Å². The number of hydrogen-bond acceptors (Lipinski definition) is 1. The predicted octanol–water partition coefficient (Wildman–Crippen LogP) is 3.91. The number of pyridine rings is 1. The SMILES string of the molecule is CCC1(c2ccc(Cc3cc[c]cn3)cc2)CC1. The highest BCUT2D eigenvalue weighted by Gasteiger charge is 2.41. The van der Waals surface area contributed by atoms with Crippen molar-refractivity contribution in [3.05, 3.63) is 65.5 Å². The Morgan fingerprint density at radius 1 is 1.17 bits per heavy atom. The molecule has 2 aromatic rings. The molecule has 3 rings (SSSR count). The number of benzene rings is 1. The Hall–Kier alpha value is -1.63. The first-order valence-electron chi connectivity index (χ1n) is 6.73. The van der Waals surface area contributed by atoms with E-state index in [1.54, 1.807) is 6.20 Å². The molecule has 91 valence electrons. The van der Waals surface area contributed by atoms with Crippen LogP contribution in [0.25, 0.3) is 0 Å². The van der Waals surface area contributed by atoms with Crippen LogP contribution in [-0.4, -0.2) is 4.98 Å². The van der Waals surface area contributed by atoms with Crippen molar-refractivity contribution in [2.75, 3.05) is 0 Å². The lowest BCUT2D eigenvalue weighted by atomic mass is 9.92. The van der Waals surface area contributed by atoms with Crippen molar-refractivity contribution in [1.29, 1.82) is 0 Å². The van der Waals surface area contributed by atoms with Crippen LogP contribution in [0, 0.1) is 6.07 Å². The van der Waals surface area contributed by atoms with E-state index in [2.05, 4.69) is 42.2 Å². The first-order valence-corrected chi connectivity index (χ1v) is 6.73. The molecule has 1 nitrogen and oxygen atoms in total. The van der Waals surface area contributed by atoms with Crippen LogP contribution >= 0.6 is 0 Å². The van der Waals surface area contributed by atoms with Gasteiger partial charge >= 0.3 is 0 Å². The summed E-state index contributed by atoms with van der Waals surface area (Å²) in [5.74, 6) is 0.